The highest BCUT2D eigenvalue weighted by atomic mass is 16.5. The minimum absolute atomic E-state index is 0.297. The molecule has 23 heavy (non-hydrogen) atoms. The number of hydrogen-bond acceptors (Lipinski definition) is 5. The highest BCUT2D eigenvalue weighted by molar-refractivity contribution is 5.79. The number of rotatable bonds is 7. The summed E-state index contributed by atoms with van der Waals surface area (Å²) in [4.78, 5) is 9.09. The lowest BCUT2D eigenvalue weighted by molar-refractivity contribution is 0.0420. The van der Waals surface area contributed by atoms with Crippen molar-refractivity contribution < 1.29 is 9.47 Å². The van der Waals surface area contributed by atoms with Gasteiger partial charge in [0.1, 0.15) is 0 Å². The number of ether oxygens (including phenoxy) is 2. The molecule has 2 unspecified atom stereocenters. The SMILES string of the molecule is CN=C(NCCCOC1CCOC1)NCC1CN(C)CCN1C. The maximum absolute atomic E-state index is 5.76. The molecule has 0 aromatic heterocycles. The third-order valence-corrected chi connectivity index (χ3v) is 4.56. The first kappa shape index (κ1) is 18.4. The molecule has 2 atom stereocenters. The molecule has 2 aliphatic heterocycles. The summed E-state index contributed by atoms with van der Waals surface area (Å²) in [5.41, 5.74) is 0. The second-order valence-corrected chi connectivity index (χ2v) is 6.49. The Hall–Kier alpha value is -0.890. The van der Waals surface area contributed by atoms with Gasteiger partial charge >= 0.3 is 0 Å². The number of aliphatic imine (C=N–C) groups is 1. The fraction of sp³-hybridized carbons (Fsp3) is 0.938. The van der Waals surface area contributed by atoms with E-state index in [9.17, 15) is 0 Å². The zero-order chi connectivity index (χ0) is 16.5. The van der Waals surface area contributed by atoms with Gasteiger partial charge in [0.2, 0.25) is 0 Å². The Morgan fingerprint density at radius 2 is 2.17 bits per heavy atom. The highest BCUT2D eigenvalue weighted by Gasteiger charge is 2.22. The lowest BCUT2D eigenvalue weighted by atomic mass is 10.2. The van der Waals surface area contributed by atoms with Gasteiger partial charge in [0.05, 0.1) is 12.7 Å². The number of nitrogens with zero attached hydrogens (tertiary/aromatic N) is 3. The second kappa shape index (κ2) is 10.1. The normalized spacial score (nSPS) is 27.3. The van der Waals surface area contributed by atoms with Crippen molar-refractivity contribution in [1.82, 2.24) is 20.4 Å². The van der Waals surface area contributed by atoms with Crippen LogP contribution in [0.15, 0.2) is 4.99 Å². The Labute approximate surface area is 140 Å². The van der Waals surface area contributed by atoms with E-state index in [1.807, 2.05) is 7.05 Å². The molecular formula is C16H33N5O2. The molecule has 134 valence electrons. The van der Waals surface area contributed by atoms with Crippen molar-refractivity contribution in [3.63, 3.8) is 0 Å². The van der Waals surface area contributed by atoms with Crippen LogP contribution in [0.5, 0.6) is 0 Å². The summed E-state index contributed by atoms with van der Waals surface area (Å²) in [7, 11) is 6.19. The zero-order valence-electron chi connectivity index (χ0n) is 14.9. The van der Waals surface area contributed by atoms with Gasteiger partial charge in [0.15, 0.2) is 5.96 Å². The van der Waals surface area contributed by atoms with Gasteiger partial charge < -0.3 is 25.0 Å². The number of hydrogen-bond donors (Lipinski definition) is 2. The quantitative estimate of drug-likeness (QED) is 0.377. The molecule has 2 aliphatic rings. The predicted molar refractivity (Wildman–Crippen MR) is 93.1 cm³/mol. The zero-order valence-corrected chi connectivity index (χ0v) is 14.9. The van der Waals surface area contributed by atoms with E-state index in [4.69, 9.17) is 9.47 Å². The van der Waals surface area contributed by atoms with Crippen molar-refractivity contribution >= 4 is 5.96 Å². The van der Waals surface area contributed by atoms with Gasteiger partial charge in [-0.25, -0.2) is 0 Å². The van der Waals surface area contributed by atoms with Crippen LogP contribution in [0.1, 0.15) is 12.8 Å². The third kappa shape index (κ3) is 6.63. The first-order valence-electron chi connectivity index (χ1n) is 8.71. The van der Waals surface area contributed by atoms with Crippen molar-refractivity contribution in [1.29, 1.82) is 0 Å². The maximum Gasteiger partial charge on any atom is 0.191 e. The molecule has 7 heteroatoms. The molecule has 0 aliphatic carbocycles. The van der Waals surface area contributed by atoms with Crippen LogP contribution in [0.25, 0.3) is 0 Å². The van der Waals surface area contributed by atoms with Gasteiger partial charge in [0.25, 0.3) is 0 Å². The van der Waals surface area contributed by atoms with Crippen LogP contribution in [0.4, 0.5) is 0 Å². The molecule has 0 spiro atoms. The van der Waals surface area contributed by atoms with Crippen molar-refractivity contribution in [3.05, 3.63) is 0 Å². The summed E-state index contributed by atoms with van der Waals surface area (Å²) in [6.07, 6.45) is 2.30. The van der Waals surface area contributed by atoms with E-state index in [1.165, 1.54) is 0 Å². The van der Waals surface area contributed by atoms with Crippen LogP contribution in [0.3, 0.4) is 0 Å². The third-order valence-electron chi connectivity index (χ3n) is 4.56. The van der Waals surface area contributed by atoms with Crippen LogP contribution in [0.2, 0.25) is 0 Å². The van der Waals surface area contributed by atoms with Gasteiger partial charge in [-0.1, -0.05) is 0 Å². The van der Waals surface area contributed by atoms with E-state index >= 15 is 0 Å². The summed E-state index contributed by atoms with van der Waals surface area (Å²) in [6.45, 7) is 7.50. The van der Waals surface area contributed by atoms with Gasteiger partial charge in [-0.15, -0.1) is 0 Å². The Balaban J connectivity index is 1.55. The Morgan fingerprint density at radius 1 is 1.30 bits per heavy atom. The molecule has 7 nitrogen and oxygen atoms in total. The minimum atomic E-state index is 0.297. The number of guanidine groups is 1. The predicted octanol–water partition coefficient (Wildman–Crippen LogP) is -0.407. The van der Waals surface area contributed by atoms with E-state index in [-0.39, 0.29) is 0 Å². The lowest BCUT2D eigenvalue weighted by Crippen LogP contribution is -2.55. The average Bonchev–Trinajstić information content (AvgIpc) is 3.06. The molecule has 0 aromatic rings. The molecule has 0 aromatic carbocycles. The van der Waals surface area contributed by atoms with Crippen LogP contribution in [0, 0.1) is 0 Å². The molecule has 2 rings (SSSR count). The van der Waals surface area contributed by atoms with Gasteiger partial charge in [0, 0.05) is 59.0 Å². The fourth-order valence-corrected chi connectivity index (χ4v) is 2.93. The first-order chi connectivity index (χ1) is 11.2. The van der Waals surface area contributed by atoms with Crippen LogP contribution < -0.4 is 10.6 Å². The molecule has 0 amide bonds. The van der Waals surface area contributed by atoms with Crippen molar-refractivity contribution in [2.45, 2.75) is 25.0 Å². The number of likely N-dealkylation sites (N-methyl/N-ethyl adjacent to an activating group) is 2. The fourth-order valence-electron chi connectivity index (χ4n) is 2.93. The summed E-state index contributed by atoms with van der Waals surface area (Å²) >= 11 is 0. The lowest BCUT2D eigenvalue weighted by Gasteiger charge is -2.37. The van der Waals surface area contributed by atoms with Crippen LogP contribution >= 0.6 is 0 Å². The highest BCUT2D eigenvalue weighted by Crippen LogP contribution is 2.08. The van der Waals surface area contributed by atoms with Crippen molar-refractivity contribution in [3.8, 4) is 0 Å². The Kier molecular flexibility index (Phi) is 8.08. The summed E-state index contributed by atoms with van der Waals surface area (Å²) in [5.74, 6) is 0.871. The second-order valence-electron chi connectivity index (χ2n) is 6.49. The molecule has 2 heterocycles. The van der Waals surface area contributed by atoms with E-state index in [2.05, 4.69) is 39.5 Å². The average molecular weight is 327 g/mol. The number of nitrogens with one attached hydrogen (secondary N) is 2. The van der Waals surface area contributed by atoms with Crippen LogP contribution in [-0.4, -0.2) is 102 Å². The minimum Gasteiger partial charge on any atom is -0.379 e. The molecule has 2 N–H and O–H groups in total. The monoisotopic (exact) mass is 327 g/mol. The van der Waals surface area contributed by atoms with Gasteiger partial charge in [-0.05, 0) is 26.9 Å². The molecular weight excluding hydrogens is 294 g/mol. The first-order valence-corrected chi connectivity index (χ1v) is 8.71. The van der Waals surface area contributed by atoms with E-state index in [1.54, 1.807) is 0 Å². The summed E-state index contributed by atoms with van der Waals surface area (Å²) < 4.78 is 11.1. The van der Waals surface area contributed by atoms with E-state index in [0.717, 1.165) is 71.3 Å². The standard InChI is InChI=1S/C16H33N5O2/c1-17-16(18-6-4-9-23-15-5-10-22-13-15)19-11-14-12-20(2)7-8-21(14)3/h14-15H,4-13H2,1-3H3,(H2,17,18,19). The largest absolute Gasteiger partial charge is 0.379 e. The molecule has 0 bridgehead atoms. The maximum atomic E-state index is 5.76. The van der Waals surface area contributed by atoms with Gasteiger partial charge in [-0.3, -0.25) is 9.89 Å². The smallest absolute Gasteiger partial charge is 0.191 e. The Bertz CT molecular complexity index is 360. The Morgan fingerprint density at radius 3 is 2.91 bits per heavy atom. The van der Waals surface area contributed by atoms with Crippen molar-refractivity contribution in [2.75, 3.05) is 73.7 Å². The van der Waals surface area contributed by atoms with Crippen LogP contribution in [-0.2, 0) is 9.47 Å². The summed E-state index contributed by atoms with van der Waals surface area (Å²) in [6, 6.07) is 0.526. The number of piperazine rings is 1. The van der Waals surface area contributed by atoms with E-state index in [0.29, 0.717) is 12.1 Å². The summed E-state index contributed by atoms with van der Waals surface area (Å²) in [5, 5.41) is 6.79. The molecule has 0 radical (unpaired) electrons. The molecule has 2 fully saturated rings. The molecule has 0 saturated carbocycles. The van der Waals surface area contributed by atoms with Gasteiger partial charge in [-0.2, -0.15) is 0 Å². The van der Waals surface area contributed by atoms with E-state index < -0.39 is 0 Å². The topological polar surface area (TPSA) is 61.4 Å². The molecule has 2 saturated heterocycles. The van der Waals surface area contributed by atoms with Crippen molar-refractivity contribution in [2.24, 2.45) is 4.99 Å².